The van der Waals surface area contributed by atoms with Crippen molar-refractivity contribution in [2.75, 3.05) is 17.2 Å². The largest absolute Gasteiger partial charge is 0.384 e. The Morgan fingerprint density at radius 3 is 3.10 bits per heavy atom. The van der Waals surface area contributed by atoms with Crippen LogP contribution in [0.1, 0.15) is 17.9 Å². The number of fused-ring (bicyclic) bond motifs is 1. The SMILES string of the molecule is O=C(CC1CNc2ccccc21)Nc1ccnc(Cl)n1. The molecule has 0 aliphatic carbocycles. The fourth-order valence-corrected chi connectivity index (χ4v) is 2.51. The predicted octanol–water partition coefficient (Wildman–Crippen LogP) is 2.67. The van der Waals surface area contributed by atoms with E-state index in [1.165, 1.54) is 11.8 Å². The zero-order valence-corrected chi connectivity index (χ0v) is 11.4. The number of benzene rings is 1. The molecule has 0 fully saturated rings. The quantitative estimate of drug-likeness (QED) is 0.852. The number of carbonyl (C=O) groups excluding carboxylic acids is 1. The first-order valence-corrected chi connectivity index (χ1v) is 6.71. The van der Waals surface area contributed by atoms with Gasteiger partial charge in [0.05, 0.1) is 0 Å². The monoisotopic (exact) mass is 288 g/mol. The molecule has 1 aromatic carbocycles. The van der Waals surface area contributed by atoms with Gasteiger partial charge < -0.3 is 10.6 Å². The maximum atomic E-state index is 12.0. The van der Waals surface area contributed by atoms with Crippen molar-refractivity contribution in [1.82, 2.24) is 9.97 Å². The first-order chi connectivity index (χ1) is 9.72. The lowest BCUT2D eigenvalue weighted by Crippen LogP contribution is -2.17. The van der Waals surface area contributed by atoms with Gasteiger partial charge in [0.1, 0.15) is 5.82 Å². The van der Waals surface area contributed by atoms with E-state index in [0.29, 0.717) is 12.2 Å². The maximum Gasteiger partial charge on any atom is 0.226 e. The van der Waals surface area contributed by atoms with Crippen molar-refractivity contribution in [2.24, 2.45) is 0 Å². The van der Waals surface area contributed by atoms with Gasteiger partial charge in [-0.3, -0.25) is 4.79 Å². The van der Waals surface area contributed by atoms with Crippen LogP contribution >= 0.6 is 11.6 Å². The molecule has 0 radical (unpaired) electrons. The van der Waals surface area contributed by atoms with E-state index < -0.39 is 0 Å². The normalized spacial score (nSPS) is 16.4. The summed E-state index contributed by atoms with van der Waals surface area (Å²) in [5.41, 5.74) is 2.29. The number of carbonyl (C=O) groups is 1. The van der Waals surface area contributed by atoms with Gasteiger partial charge in [-0.2, -0.15) is 0 Å². The highest BCUT2D eigenvalue weighted by molar-refractivity contribution is 6.28. The summed E-state index contributed by atoms with van der Waals surface area (Å²) in [5.74, 6) is 0.529. The number of aromatic nitrogens is 2. The molecule has 2 N–H and O–H groups in total. The molecule has 2 heterocycles. The third kappa shape index (κ3) is 2.72. The highest BCUT2D eigenvalue weighted by Gasteiger charge is 2.24. The van der Waals surface area contributed by atoms with Crippen LogP contribution in [-0.4, -0.2) is 22.4 Å². The smallest absolute Gasteiger partial charge is 0.226 e. The molecule has 1 aliphatic rings. The maximum absolute atomic E-state index is 12.0. The van der Waals surface area contributed by atoms with Crippen molar-refractivity contribution in [3.8, 4) is 0 Å². The molecule has 1 unspecified atom stereocenters. The first-order valence-electron chi connectivity index (χ1n) is 6.33. The van der Waals surface area contributed by atoms with Crippen LogP contribution < -0.4 is 10.6 Å². The lowest BCUT2D eigenvalue weighted by molar-refractivity contribution is -0.116. The van der Waals surface area contributed by atoms with Crippen LogP contribution in [0.5, 0.6) is 0 Å². The van der Waals surface area contributed by atoms with Gasteiger partial charge in [0.2, 0.25) is 11.2 Å². The molecule has 0 saturated heterocycles. The second kappa shape index (κ2) is 5.46. The molecule has 102 valence electrons. The third-order valence-corrected chi connectivity index (χ3v) is 3.45. The van der Waals surface area contributed by atoms with Gasteiger partial charge in [0.15, 0.2) is 0 Å². The number of amides is 1. The number of hydrogen-bond acceptors (Lipinski definition) is 4. The van der Waals surface area contributed by atoms with Crippen LogP contribution in [0, 0.1) is 0 Å². The minimum atomic E-state index is -0.0803. The summed E-state index contributed by atoms with van der Waals surface area (Å²) in [7, 11) is 0. The summed E-state index contributed by atoms with van der Waals surface area (Å²) in [6, 6.07) is 9.66. The Bertz CT molecular complexity index is 647. The molecule has 1 atom stereocenters. The van der Waals surface area contributed by atoms with Crippen LogP contribution in [0.2, 0.25) is 5.28 Å². The Hall–Kier alpha value is -2.14. The molecular formula is C14H13ClN4O. The molecule has 1 aliphatic heterocycles. The van der Waals surface area contributed by atoms with E-state index in [1.807, 2.05) is 18.2 Å². The number of para-hydroxylation sites is 1. The molecule has 0 bridgehead atoms. The van der Waals surface area contributed by atoms with E-state index in [1.54, 1.807) is 6.07 Å². The van der Waals surface area contributed by atoms with E-state index >= 15 is 0 Å². The fourth-order valence-electron chi connectivity index (χ4n) is 2.36. The van der Waals surface area contributed by atoms with Crippen LogP contribution in [-0.2, 0) is 4.79 Å². The van der Waals surface area contributed by atoms with Gasteiger partial charge in [-0.15, -0.1) is 0 Å². The van der Waals surface area contributed by atoms with Gasteiger partial charge in [-0.05, 0) is 29.3 Å². The number of anilines is 2. The Morgan fingerprint density at radius 2 is 2.25 bits per heavy atom. The predicted molar refractivity (Wildman–Crippen MR) is 78.0 cm³/mol. The molecule has 1 amide bonds. The lowest BCUT2D eigenvalue weighted by Gasteiger charge is -2.10. The Balaban J connectivity index is 1.66. The van der Waals surface area contributed by atoms with Crippen LogP contribution in [0.15, 0.2) is 36.5 Å². The van der Waals surface area contributed by atoms with Gasteiger partial charge in [0.25, 0.3) is 0 Å². The molecular weight excluding hydrogens is 276 g/mol. The van der Waals surface area contributed by atoms with Crippen molar-refractivity contribution in [3.63, 3.8) is 0 Å². The minimum Gasteiger partial charge on any atom is -0.384 e. The number of nitrogens with one attached hydrogen (secondary N) is 2. The summed E-state index contributed by atoms with van der Waals surface area (Å²) in [6.45, 7) is 0.775. The Kier molecular flexibility index (Phi) is 3.52. The summed E-state index contributed by atoms with van der Waals surface area (Å²) >= 11 is 5.68. The van der Waals surface area contributed by atoms with E-state index in [9.17, 15) is 4.79 Å². The van der Waals surface area contributed by atoms with E-state index in [4.69, 9.17) is 11.6 Å². The summed E-state index contributed by atoms with van der Waals surface area (Å²) in [6.07, 6.45) is 1.92. The standard InChI is InChI=1S/C14H13ClN4O/c15-14-16-6-5-12(19-14)18-13(20)7-9-8-17-11-4-2-1-3-10(9)11/h1-6,9,17H,7-8H2,(H,16,18,19,20). The highest BCUT2D eigenvalue weighted by atomic mass is 35.5. The van der Waals surface area contributed by atoms with Gasteiger partial charge in [-0.25, -0.2) is 9.97 Å². The van der Waals surface area contributed by atoms with Gasteiger partial charge in [0, 0.05) is 30.8 Å². The van der Waals surface area contributed by atoms with Gasteiger partial charge >= 0.3 is 0 Å². The summed E-state index contributed by atoms with van der Waals surface area (Å²) in [4.78, 5) is 19.8. The average molecular weight is 289 g/mol. The molecule has 0 saturated carbocycles. The van der Waals surface area contributed by atoms with Crippen LogP contribution in [0.3, 0.4) is 0 Å². The average Bonchev–Trinajstić information content (AvgIpc) is 2.82. The minimum absolute atomic E-state index is 0.0803. The third-order valence-electron chi connectivity index (χ3n) is 3.26. The van der Waals surface area contributed by atoms with Crippen molar-refractivity contribution in [2.45, 2.75) is 12.3 Å². The lowest BCUT2D eigenvalue weighted by atomic mass is 9.98. The molecule has 1 aromatic heterocycles. The molecule has 6 heteroatoms. The number of hydrogen-bond donors (Lipinski definition) is 2. The zero-order valence-electron chi connectivity index (χ0n) is 10.6. The second-order valence-electron chi connectivity index (χ2n) is 4.63. The summed E-state index contributed by atoms with van der Waals surface area (Å²) in [5, 5.41) is 6.16. The first kappa shape index (κ1) is 12.9. The number of rotatable bonds is 3. The van der Waals surface area contributed by atoms with Crippen molar-refractivity contribution < 1.29 is 4.79 Å². The van der Waals surface area contributed by atoms with Crippen molar-refractivity contribution in [1.29, 1.82) is 0 Å². The zero-order chi connectivity index (χ0) is 13.9. The van der Waals surface area contributed by atoms with Crippen LogP contribution in [0.25, 0.3) is 0 Å². The number of halogens is 1. The topological polar surface area (TPSA) is 66.9 Å². The van der Waals surface area contributed by atoms with Gasteiger partial charge in [-0.1, -0.05) is 18.2 Å². The molecule has 3 rings (SSSR count). The fraction of sp³-hybridized carbons (Fsp3) is 0.214. The molecule has 0 spiro atoms. The van der Waals surface area contributed by atoms with E-state index in [0.717, 1.165) is 12.2 Å². The van der Waals surface area contributed by atoms with Crippen molar-refractivity contribution in [3.05, 3.63) is 47.4 Å². The molecule has 20 heavy (non-hydrogen) atoms. The molecule has 2 aromatic rings. The number of nitrogens with zero attached hydrogens (tertiary/aromatic N) is 2. The Labute approximate surface area is 121 Å². The van der Waals surface area contributed by atoms with Crippen molar-refractivity contribution >= 4 is 29.0 Å². The summed E-state index contributed by atoms with van der Waals surface area (Å²) < 4.78 is 0. The van der Waals surface area contributed by atoms with Crippen LogP contribution in [0.4, 0.5) is 11.5 Å². The molecule has 5 nitrogen and oxygen atoms in total. The Morgan fingerprint density at radius 1 is 1.40 bits per heavy atom. The second-order valence-corrected chi connectivity index (χ2v) is 4.97. The highest BCUT2D eigenvalue weighted by Crippen LogP contribution is 2.33. The van der Waals surface area contributed by atoms with E-state index in [2.05, 4.69) is 26.7 Å². The van der Waals surface area contributed by atoms with E-state index in [-0.39, 0.29) is 17.1 Å².